The van der Waals surface area contributed by atoms with Crippen molar-refractivity contribution in [3.05, 3.63) is 41.6 Å². The van der Waals surface area contributed by atoms with Crippen LogP contribution in [0.5, 0.6) is 5.75 Å². The maximum atomic E-state index is 5.96. The average Bonchev–Trinajstić information content (AvgIpc) is 2.57. The summed E-state index contributed by atoms with van der Waals surface area (Å²) in [6.07, 6.45) is 1.93. The maximum absolute atomic E-state index is 5.96. The van der Waals surface area contributed by atoms with Crippen LogP contribution in [0.2, 0.25) is 0 Å². The summed E-state index contributed by atoms with van der Waals surface area (Å²) >= 11 is 0. The molecule has 1 aromatic heterocycles. The minimum Gasteiger partial charge on any atom is -0.493 e. The fraction of sp³-hybridized carbons (Fsp3) is 0.500. The summed E-state index contributed by atoms with van der Waals surface area (Å²) in [5.41, 5.74) is 14.0. The Morgan fingerprint density at radius 1 is 1.23 bits per heavy atom. The van der Waals surface area contributed by atoms with Gasteiger partial charge in [0, 0.05) is 37.2 Å². The molecule has 0 amide bonds. The van der Waals surface area contributed by atoms with Gasteiger partial charge in [-0.2, -0.15) is 4.98 Å². The fourth-order valence-electron chi connectivity index (χ4n) is 3.15. The molecule has 1 fully saturated rings. The van der Waals surface area contributed by atoms with E-state index in [1.165, 1.54) is 0 Å². The minimum absolute atomic E-state index is 0.280. The van der Waals surface area contributed by atoms with E-state index in [0.29, 0.717) is 30.9 Å². The molecule has 0 spiro atoms. The molecule has 0 unspecified atom stereocenters. The molecule has 3 rings (SSSR count). The third-order valence-corrected chi connectivity index (χ3v) is 4.69. The van der Waals surface area contributed by atoms with Crippen molar-refractivity contribution in [1.29, 1.82) is 0 Å². The van der Waals surface area contributed by atoms with Gasteiger partial charge in [-0.25, -0.2) is 4.98 Å². The molecule has 1 saturated carbocycles. The zero-order valence-corrected chi connectivity index (χ0v) is 15.9. The van der Waals surface area contributed by atoms with Gasteiger partial charge in [-0.3, -0.25) is 0 Å². The Kier molecular flexibility index (Phi) is 5.61. The highest BCUT2D eigenvalue weighted by molar-refractivity contribution is 5.46. The van der Waals surface area contributed by atoms with E-state index in [-0.39, 0.29) is 6.04 Å². The number of aromatic nitrogens is 2. The van der Waals surface area contributed by atoms with Crippen LogP contribution in [0.4, 0.5) is 11.8 Å². The quantitative estimate of drug-likeness (QED) is 0.793. The first kappa shape index (κ1) is 18.5. The van der Waals surface area contributed by atoms with Crippen LogP contribution in [0.25, 0.3) is 0 Å². The highest BCUT2D eigenvalue weighted by Crippen LogP contribution is 2.36. The van der Waals surface area contributed by atoms with Gasteiger partial charge in [0.15, 0.2) is 0 Å². The second-order valence-electron chi connectivity index (χ2n) is 7.61. The van der Waals surface area contributed by atoms with Crippen molar-refractivity contribution < 1.29 is 4.74 Å². The second-order valence-corrected chi connectivity index (χ2v) is 7.61. The molecule has 2 aromatic rings. The van der Waals surface area contributed by atoms with E-state index < -0.39 is 0 Å². The van der Waals surface area contributed by atoms with Crippen LogP contribution in [0.15, 0.2) is 30.3 Å². The van der Waals surface area contributed by atoms with E-state index in [2.05, 4.69) is 34.8 Å². The number of nitrogens with two attached hydrogens (primary N) is 2. The van der Waals surface area contributed by atoms with Gasteiger partial charge < -0.3 is 21.1 Å². The molecule has 0 atom stereocenters. The first-order chi connectivity index (χ1) is 12.4. The first-order valence-electron chi connectivity index (χ1n) is 9.24. The number of rotatable bonds is 7. The van der Waals surface area contributed by atoms with E-state index in [9.17, 15) is 0 Å². The third kappa shape index (κ3) is 4.43. The molecule has 1 aromatic carbocycles. The molecule has 1 heterocycles. The molecule has 4 N–H and O–H groups in total. The molecule has 0 bridgehead atoms. The lowest BCUT2D eigenvalue weighted by molar-refractivity contribution is 0.268. The molecular weight excluding hydrogens is 326 g/mol. The van der Waals surface area contributed by atoms with E-state index in [4.69, 9.17) is 16.2 Å². The zero-order chi connectivity index (χ0) is 18.7. The summed E-state index contributed by atoms with van der Waals surface area (Å²) in [4.78, 5) is 10.9. The Balaban J connectivity index is 1.75. The molecule has 1 aliphatic rings. The summed E-state index contributed by atoms with van der Waals surface area (Å²) in [5, 5.41) is 0. The topological polar surface area (TPSA) is 90.3 Å². The van der Waals surface area contributed by atoms with Crippen LogP contribution in [-0.4, -0.2) is 29.7 Å². The predicted molar refractivity (Wildman–Crippen MR) is 105 cm³/mol. The highest BCUT2D eigenvalue weighted by Gasteiger charge is 2.29. The van der Waals surface area contributed by atoms with Gasteiger partial charge in [-0.1, -0.05) is 32.0 Å². The second kappa shape index (κ2) is 7.91. The van der Waals surface area contributed by atoms with Crippen molar-refractivity contribution in [3.8, 4) is 5.75 Å². The van der Waals surface area contributed by atoms with E-state index in [0.717, 1.165) is 35.7 Å². The van der Waals surface area contributed by atoms with Gasteiger partial charge in [0.2, 0.25) is 5.95 Å². The van der Waals surface area contributed by atoms with Crippen molar-refractivity contribution in [2.45, 2.75) is 45.2 Å². The van der Waals surface area contributed by atoms with Gasteiger partial charge in [0.1, 0.15) is 11.6 Å². The Hall–Kier alpha value is -2.34. The Labute approximate surface area is 155 Å². The number of nitrogens with zero attached hydrogens (tertiary/aromatic N) is 3. The van der Waals surface area contributed by atoms with E-state index in [1.54, 1.807) is 0 Å². The number of hydrogen-bond donors (Lipinski definition) is 2. The van der Waals surface area contributed by atoms with E-state index >= 15 is 0 Å². The van der Waals surface area contributed by atoms with Crippen molar-refractivity contribution >= 4 is 11.8 Å². The third-order valence-electron chi connectivity index (χ3n) is 4.69. The van der Waals surface area contributed by atoms with Crippen LogP contribution >= 0.6 is 0 Å². The Morgan fingerprint density at radius 2 is 1.96 bits per heavy atom. The van der Waals surface area contributed by atoms with Gasteiger partial charge in [-0.15, -0.1) is 0 Å². The van der Waals surface area contributed by atoms with Gasteiger partial charge in [-0.05, 0) is 24.8 Å². The van der Waals surface area contributed by atoms with Gasteiger partial charge in [0.05, 0.1) is 12.3 Å². The summed E-state index contributed by atoms with van der Waals surface area (Å²) in [5.74, 6) is 2.93. The molecule has 0 aliphatic heterocycles. The number of nitrogen functional groups attached to an aromatic ring is 1. The zero-order valence-electron chi connectivity index (χ0n) is 15.9. The van der Waals surface area contributed by atoms with Gasteiger partial charge in [0.25, 0.3) is 0 Å². The lowest BCUT2D eigenvalue weighted by Crippen LogP contribution is -2.35. The SMILES string of the molecule is CC(C)COc1ccccc1CN(C)c1cc(C2CC(N)C2)nc(N)n1. The smallest absolute Gasteiger partial charge is 0.222 e. The van der Waals surface area contributed by atoms with Crippen LogP contribution in [-0.2, 0) is 6.54 Å². The monoisotopic (exact) mass is 355 g/mol. The fourth-order valence-corrected chi connectivity index (χ4v) is 3.15. The average molecular weight is 355 g/mol. The van der Waals surface area contributed by atoms with Crippen LogP contribution in [0, 0.1) is 5.92 Å². The van der Waals surface area contributed by atoms with Gasteiger partial charge >= 0.3 is 0 Å². The summed E-state index contributed by atoms with van der Waals surface area (Å²) in [6.45, 7) is 5.68. The molecule has 0 radical (unpaired) electrons. The Morgan fingerprint density at radius 3 is 2.65 bits per heavy atom. The lowest BCUT2D eigenvalue weighted by Gasteiger charge is -2.32. The summed E-state index contributed by atoms with van der Waals surface area (Å²) in [7, 11) is 2.01. The number of benzene rings is 1. The molecule has 1 aliphatic carbocycles. The molecule has 140 valence electrons. The standard InChI is InChI=1S/C20H29N5O/c1-13(2)12-26-18-7-5-4-6-14(18)11-25(3)19-10-17(23-20(22)24-19)15-8-16(21)9-15/h4-7,10,13,15-16H,8-9,11-12,21H2,1-3H3,(H2,22,23,24). The molecule has 0 saturated heterocycles. The molecule has 6 nitrogen and oxygen atoms in total. The Bertz CT molecular complexity index is 743. The van der Waals surface area contributed by atoms with Crippen molar-refractivity contribution in [3.63, 3.8) is 0 Å². The normalized spacial score (nSPS) is 19.3. The number of ether oxygens (including phenoxy) is 1. The predicted octanol–water partition coefficient (Wildman–Crippen LogP) is 2.93. The molecular formula is C20H29N5O. The van der Waals surface area contributed by atoms with E-state index in [1.807, 2.05) is 31.3 Å². The van der Waals surface area contributed by atoms with Crippen LogP contribution in [0.3, 0.4) is 0 Å². The van der Waals surface area contributed by atoms with Crippen molar-refractivity contribution in [2.75, 3.05) is 24.3 Å². The summed E-state index contributed by atoms with van der Waals surface area (Å²) < 4.78 is 5.96. The minimum atomic E-state index is 0.280. The highest BCUT2D eigenvalue weighted by atomic mass is 16.5. The number of para-hydroxylation sites is 1. The van der Waals surface area contributed by atoms with Crippen LogP contribution in [0.1, 0.15) is 43.9 Å². The number of hydrogen-bond acceptors (Lipinski definition) is 6. The molecule has 6 heteroatoms. The maximum Gasteiger partial charge on any atom is 0.222 e. The molecule has 26 heavy (non-hydrogen) atoms. The van der Waals surface area contributed by atoms with Crippen LogP contribution < -0.4 is 21.1 Å². The van der Waals surface area contributed by atoms with Crippen molar-refractivity contribution in [2.24, 2.45) is 11.7 Å². The summed E-state index contributed by atoms with van der Waals surface area (Å²) in [6, 6.07) is 10.4. The lowest BCUT2D eigenvalue weighted by atomic mass is 9.78. The van der Waals surface area contributed by atoms with Crippen molar-refractivity contribution in [1.82, 2.24) is 9.97 Å². The number of anilines is 2. The first-order valence-corrected chi connectivity index (χ1v) is 9.24. The largest absolute Gasteiger partial charge is 0.493 e.